The molecule has 2 N–H and O–H groups in total. The molecule has 1 rings (SSSR count). The monoisotopic (exact) mass is 240 g/mol. The maximum Gasteiger partial charge on any atom is 0.305 e. The lowest BCUT2D eigenvalue weighted by atomic mass is 10.0. The van der Waals surface area contributed by atoms with Crippen LogP contribution >= 0.6 is 0 Å². The molecule has 0 aliphatic carbocycles. The minimum atomic E-state index is -0.948. The highest BCUT2D eigenvalue weighted by atomic mass is 16.5. The van der Waals surface area contributed by atoms with E-state index in [1.54, 1.807) is 6.92 Å². The second-order valence-electron chi connectivity index (χ2n) is 4.06. The van der Waals surface area contributed by atoms with Crippen LogP contribution in [0.3, 0.4) is 0 Å². The first-order chi connectivity index (χ1) is 7.93. The summed E-state index contributed by atoms with van der Waals surface area (Å²) in [5.74, 6) is -0.711. The molecular formula is C11H16N2O4. The molecule has 1 aromatic rings. The van der Waals surface area contributed by atoms with E-state index in [1.165, 1.54) is 0 Å². The maximum atomic E-state index is 11.8. The van der Waals surface area contributed by atoms with Crippen LogP contribution in [-0.2, 0) is 4.79 Å². The number of amides is 1. The molecule has 1 heterocycles. The second kappa shape index (κ2) is 5.47. The lowest BCUT2D eigenvalue weighted by Crippen LogP contribution is -2.27. The third-order valence-corrected chi connectivity index (χ3v) is 2.26. The Bertz CT molecular complexity index is 423. The minimum absolute atomic E-state index is 0.0522. The van der Waals surface area contributed by atoms with Crippen LogP contribution < -0.4 is 5.32 Å². The molecule has 17 heavy (non-hydrogen) atoms. The van der Waals surface area contributed by atoms with Crippen molar-refractivity contribution in [3.05, 3.63) is 17.0 Å². The number of aliphatic carboxylic acids is 1. The fraction of sp³-hybridized carbons (Fsp3) is 0.545. The Kier molecular flexibility index (Phi) is 4.25. The Balaban J connectivity index is 2.74. The summed E-state index contributed by atoms with van der Waals surface area (Å²) < 4.78 is 5.08. The van der Waals surface area contributed by atoms with Gasteiger partial charge in [-0.3, -0.25) is 9.59 Å². The number of nitrogens with one attached hydrogen (secondary N) is 1. The van der Waals surface area contributed by atoms with Gasteiger partial charge in [-0.05, 0) is 6.92 Å². The average Bonchev–Trinajstić information content (AvgIpc) is 2.59. The van der Waals surface area contributed by atoms with E-state index >= 15 is 0 Å². The first kappa shape index (κ1) is 13.2. The van der Waals surface area contributed by atoms with Gasteiger partial charge in [-0.2, -0.15) is 0 Å². The third kappa shape index (κ3) is 3.30. The van der Waals surface area contributed by atoms with Crippen molar-refractivity contribution in [2.24, 2.45) is 0 Å². The molecular weight excluding hydrogens is 224 g/mol. The molecule has 0 aliphatic heterocycles. The lowest BCUT2D eigenvalue weighted by molar-refractivity contribution is -0.136. The highest BCUT2D eigenvalue weighted by molar-refractivity contribution is 5.96. The Morgan fingerprint density at radius 1 is 1.47 bits per heavy atom. The highest BCUT2D eigenvalue weighted by Gasteiger charge is 2.22. The van der Waals surface area contributed by atoms with Gasteiger partial charge in [0.2, 0.25) is 0 Å². The molecule has 0 unspecified atom stereocenters. The van der Waals surface area contributed by atoms with Crippen molar-refractivity contribution in [1.82, 2.24) is 10.5 Å². The largest absolute Gasteiger partial charge is 0.481 e. The van der Waals surface area contributed by atoms with Gasteiger partial charge in [0.15, 0.2) is 5.76 Å². The van der Waals surface area contributed by atoms with Crippen molar-refractivity contribution in [1.29, 1.82) is 0 Å². The molecule has 1 amide bonds. The molecule has 0 aliphatic rings. The van der Waals surface area contributed by atoms with E-state index in [1.807, 2.05) is 13.8 Å². The summed E-state index contributed by atoms with van der Waals surface area (Å²) in [6.07, 6.45) is -0.104. The van der Waals surface area contributed by atoms with E-state index in [2.05, 4.69) is 10.5 Å². The van der Waals surface area contributed by atoms with Crippen LogP contribution in [0.15, 0.2) is 4.52 Å². The van der Waals surface area contributed by atoms with E-state index < -0.39 is 5.97 Å². The van der Waals surface area contributed by atoms with Gasteiger partial charge in [-0.1, -0.05) is 19.0 Å². The van der Waals surface area contributed by atoms with Crippen molar-refractivity contribution in [3.8, 4) is 0 Å². The smallest absolute Gasteiger partial charge is 0.305 e. The van der Waals surface area contributed by atoms with Gasteiger partial charge in [0.05, 0.1) is 12.1 Å². The molecule has 0 radical (unpaired) electrons. The van der Waals surface area contributed by atoms with E-state index in [0.29, 0.717) is 17.0 Å². The number of carboxylic acids is 1. The summed E-state index contributed by atoms with van der Waals surface area (Å²) in [6.45, 7) is 5.57. The molecule has 0 spiro atoms. The van der Waals surface area contributed by atoms with E-state index in [-0.39, 0.29) is 24.8 Å². The Hall–Kier alpha value is -1.85. The molecule has 94 valence electrons. The summed E-state index contributed by atoms with van der Waals surface area (Å²) in [7, 11) is 0. The number of carbonyl (C=O) groups is 2. The number of hydrogen-bond donors (Lipinski definition) is 2. The number of aromatic nitrogens is 1. The summed E-state index contributed by atoms with van der Waals surface area (Å²) in [6, 6.07) is 0. The predicted molar refractivity (Wildman–Crippen MR) is 59.9 cm³/mol. The summed E-state index contributed by atoms with van der Waals surface area (Å²) >= 11 is 0. The lowest BCUT2D eigenvalue weighted by Gasteiger charge is -2.05. The second-order valence-corrected chi connectivity index (χ2v) is 4.06. The van der Waals surface area contributed by atoms with Crippen LogP contribution in [0.2, 0.25) is 0 Å². The number of hydrogen-bond acceptors (Lipinski definition) is 4. The Morgan fingerprint density at radius 2 is 2.12 bits per heavy atom. The summed E-state index contributed by atoms with van der Waals surface area (Å²) in [5.41, 5.74) is 0.923. The molecule has 1 aromatic heterocycles. The van der Waals surface area contributed by atoms with Crippen LogP contribution in [0.5, 0.6) is 0 Å². The van der Waals surface area contributed by atoms with Crippen molar-refractivity contribution >= 4 is 11.9 Å². The van der Waals surface area contributed by atoms with Gasteiger partial charge >= 0.3 is 5.97 Å². The average molecular weight is 240 g/mol. The van der Waals surface area contributed by atoms with Gasteiger partial charge in [-0.15, -0.1) is 0 Å². The molecule has 0 bridgehead atoms. The summed E-state index contributed by atoms with van der Waals surface area (Å²) in [5, 5.41) is 14.8. The van der Waals surface area contributed by atoms with Gasteiger partial charge in [0.1, 0.15) is 5.56 Å². The third-order valence-electron chi connectivity index (χ3n) is 2.26. The van der Waals surface area contributed by atoms with Crippen molar-refractivity contribution in [3.63, 3.8) is 0 Å². The van der Waals surface area contributed by atoms with Crippen LogP contribution in [-0.4, -0.2) is 28.7 Å². The zero-order chi connectivity index (χ0) is 13.0. The van der Waals surface area contributed by atoms with Gasteiger partial charge < -0.3 is 14.9 Å². The predicted octanol–water partition coefficient (Wildman–Crippen LogP) is 1.31. The number of rotatable bonds is 5. The standard InChI is InChI=1S/C11H16N2O4/c1-6(2)10-9(7(3)13-17-10)11(16)12-5-4-8(14)15/h6H,4-5H2,1-3H3,(H,12,16)(H,14,15). The van der Waals surface area contributed by atoms with Crippen molar-refractivity contribution in [2.75, 3.05) is 6.54 Å². The van der Waals surface area contributed by atoms with Gasteiger partial charge in [0, 0.05) is 12.5 Å². The summed E-state index contributed by atoms with van der Waals surface area (Å²) in [4.78, 5) is 22.2. The van der Waals surface area contributed by atoms with Crippen LogP contribution in [0, 0.1) is 6.92 Å². The van der Waals surface area contributed by atoms with Crippen molar-refractivity contribution in [2.45, 2.75) is 33.1 Å². The van der Waals surface area contributed by atoms with Crippen molar-refractivity contribution < 1.29 is 19.2 Å². The van der Waals surface area contributed by atoms with Crippen LogP contribution in [0.25, 0.3) is 0 Å². The maximum absolute atomic E-state index is 11.8. The quantitative estimate of drug-likeness (QED) is 0.809. The highest BCUT2D eigenvalue weighted by Crippen LogP contribution is 2.21. The van der Waals surface area contributed by atoms with Crippen LogP contribution in [0.4, 0.5) is 0 Å². The zero-order valence-electron chi connectivity index (χ0n) is 10.1. The van der Waals surface area contributed by atoms with Crippen LogP contribution in [0.1, 0.15) is 48.0 Å². The van der Waals surface area contributed by atoms with E-state index in [9.17, 15) is 9.59 Å². The zero-order valence-corrected chi connectivity index (χ0v) is 10.1. The number of carboxylic acid groups (broad SMARTS) is 1. The minimum Gasteiger partial charge on any atom is -0.481 e. The number of aryl methyl sites for hydroxylation is 1. The molecule has 0 atom stereocenters. The molecule has 6 nitrogen and oxygen atoms in total. The molecule has 0 saturated heterocycles. The van der Waals surface area contributed by atoms with E-state index in [4.69, 9.17) is 9.63 Å². The van der Waals surface area contributed by atoms with Gasteiger partial charge in [-0.25, -0.2) is 0 Å². The molecule has 0 saturated carbocycles. The normalized spacial score (nSPS) is 10.6. The molecule has 0 aromatic carbocycles. The first-order valence-electron chi connectivity index (χ1n) is 5.39. The fourth-order valence-corrected chi connectivity index (χ4v) is 1.43. The van der Waals surface area contributed by atoms with E-state index in [0.717, 1.165) is 0 Å². The van der Waals surface area contributed by atoms with Gasteiger partial charge in [0.25, 0.3) is 5.91 Å². The topological polar surface area (TPSA) is 92.4 Å². The molecule has 0 fully saturated rings. The SMILES string of the molecule is Cc1noc(C(C)C)c1C(=O)NCCC(=O)O. The number of carbonyl (C=O) groups excluding carboxylic acids is 1. The number of nitrogens with zero attached hydrogens (tertiary/aromatic N) is 1. The Morgan fingerprint density at radius 3 is 2.65 bits per heavy atom. The first-order valence-corrected chi connectivity index (χ1v) is 5.39. The molecule has 6 heteroatoms. The Labute approximate surface area is 99.0 Å². The fourth-order valence-electron chi connectivity index (χ4n) is 1.43.